The van der Waals surface area contributed by atoms with Gasteiger partial charge in [0.1, 0.15) is 0 Å². The Hall–Kier alpha value is -1.82. The summed E-state index contributed by atoms with van der Waals surface area (Å²) < 4.78 is 2.04. The van der Waals surface area contributed by atoms with Crippen molar-refractivity contribution >= 4 is 17.3 Å². The number of aromatic nitrogens is 2. The number of aliphatic imine (C=N–C) groups is 1. The zero-order valence-electron chi connectivity index (χ0n) is 11.0. The maximum atomic E-state index is 4.55. The summed E-state index contributed by atoms with van der Waals surface area (Å²) in [6.07, 6.45) is 5.56. The minimum absolute atomic E-state index is 0.712. The van der Waals surface area contributed by atoms with Crippen LogP contribution in [0.25, 0.3) is 0 Å². The summed E-state index contributed by atoms with van der Waals surface area (Å²) in [5, 5.41) is 10.8. The van der Waals surface area contributed by atoms with Crippen molar-refractivity contribution in [3.63, 3.8) is 0 Å². The van der Waals surface area contributed by atoms with Crippen LogP contribution in [0.4, 0.5) is 0 Å². The minimum atomic E-state index is 0.712. The van der Waals surface area contributed by atoms with Crippen molar-refractivity contribution < 1.29 is 0 Å². The normalized spacial score (nSPS) is 11.5. The van der Waals surface area contributed by atoms with Gasteiger partial charge in [-0.25, -0.2) is 9.98 Å². The van der Waals surface area contributed by atoms with E-state index in [1.54, 1.807) is 17.5 Å². The highest BCUT2D eigenvalue weighted by molar-refractivity contribution is 7.07. The molecule has 0 unspecified atom stereocenters. The summed E-state index contributed by atoms with van der Waals surface area (Å²) in [4.78, 5) is 8.57. The molecule has 2 rings (SSSR count). The molecule has 0 amide bonds. The molecule has 0 aliphatic heterocycles. The summed E-state index contributed by atoms with van der Waals surface area (Å²) in [5.74, 6) is 0.855. The Morgan fingerprint density at radius 2 is 2.42 bits per heavy atom. The van der Waals surface area contributed by atoms with Crippen molar-refractivity contribution in [3.05, 3.63) is 41.1 Å². The van der Waals surface area contributed by atoms with Gasteiger partial charge < -0.3 is 15.2 Å². The quantitative estimate of drug-likeness (QED) is 0.624. The molecule has 6 heteroatoms. The van der Waals surface area contributed by atoms with E-state index in [9.17, 15) is 0 Å². The molecule has 0 atom stereocenters. The van der Waals surface area contributed by atoms with E-state index >= 15 is 0 Å². The van der Waals surface area contributed by atoms with Crippen molar-refractivity contribution in [1.29, 1.82) is 0 Å². The van der Waals surface area contributed by atoms with E-state index in [1.165, 1.54) is 5.56 Å². The molecule has 5 nitrogen and oxygen atoms in total. The van der Waals surface area contributed by atoms with Crippen molar-refractivity contribution in [2.75, 3.05) is 13.1 Å². The molecule has 0 bridgehead atoms. The molecular weight excluding hydrogens is 258 g/mol. The van der Waals surface area contributed by atoms with Crippen LogP contribution in [0, 0.1) is 0 Å². The smallest absolute Gasteiger partial charge is 0.191 e. The van der Waals surface area contributed by atoms with Crippen LogP contribution in [-0.2, 0) is 13.1 Å². The van der Waals surface area contributed by atoms with Crippen molar-refractivity contribution in [3.8, 4) is 0 Å². The van der Waals surface area contributed by atoms with Crippen LogP contribution < -0.4 is 10.6 Å². The molecule has 0 aromatic carbocycles. The predicted molar refractivity (Wildman–Crippen MR) is 79.4 cm³/mol. The Morgan fingerprint density at radius 1 is 1.47 bits per heavy atom. The Balaban J connectivity index is 1.79. The Bertz CT molecular complexity index is 475. The largest absolute Gasteiger partial charge is 0.357 e. The van der Waals surface area contributed by atoms with E-state index in [1.807, 2.05) is 17.1 Å². The maximum Gasteiger partial charge on any atom is 0.191 e. The molecule has 0 spiro atoms. The summed E-state index contributed by atoms with van der Waals surface area (Å²) in [6.45, 7) is 5.34. The van der Waals surface area contributed by atoms with Crippen LogP contribution in [0.15, 0.2) is 40.5 Å². The first-order valence-corrected chi connectivity index (χ1v) is 7.31. The minimum Gasteiger partial charge on any atom is -0.357 e. The highest BCUT2D eigenvalue weighted by Crippen LogP contribution is 2.06. The first-order chi connectivity index (χ1) is 9.38. The molecule has 2 N–H and O–H groups in total. The standard InChI is InChI=1S/C13H19N5S/c1-2-15-13(17-9-12-3-8-19-10-12)16-5-7-18-6-4-14-11-18/h3-4,6,8,10-11H,2,5,7,9H2,1H3,(H2,15,16,17). The average molecular weight is 277 g/mol. The monoisotopic (exact) mass is 277 g/mol. The van der Waals surface area contributed by atoms with Gasteiger partial charge in [0.25, 0.3) is 0 Å². The Morgan fingerprint density at radius 3 is 3.11 bits per heavy atom. The van der Waals surface area contributed by atoms with Crippen LogP contribution >= 0.6 is 11.3 Å². The molecule has 2 aromatic heterocycles. The molecule has 19 heavy (non-hydrogen) atoms. The van der Waals surface area contributed by atoms with Crippen molar-refractivity contribution in [2.24, 2.45) is 4.99 Å². The number of nitrogens with zero attached hydrogens (tertiary/aromatic N) is 3. The fourth-order valence-corrected chi connectivity index (χ4v) is 2.28. The zero-order chi connectivity index (χ0) is 13.3. The molecule has 0 saturated heterocycles. The number of hydrogen-bond donors (Lipinski definition) is 2. The highest BCUT2D eigenvalue weighted by atomic mass is 32.1. The Labute approximate surface area is 117 Å². The van der Waals surface area contributed by atoms with E-state index in [0.29, 0.717) is 6.54 Å². The highest BCUT2D eigenvalue weighted by Gasteiger charge is 1.97. The fraction of sp³-hybridized carbons (Fsp3) is 0.385. The molecule has 0 fully saturated rings. The van der Waals surface area contributed by atoms with E-state index in [4.69, 9.17) is 0 Å². The third kappa shape index (κ3) is 4.75. The van der Waals surface area contributed by atoms with E-state index < -0.39 is 0 Å². The number of nitrogens with one attached hydrogen (secondary N) is 2. The second-order valence-corrected chi connectivity index (χ2v) is 4.83. The number of thiophene rings is 1. The van der Waals surface area contributed by atoms with Gasteiger partial charge in [-0.15, -0.1) is 0 Å². The first-order valence-electron chi connectivity index (χ1n) is 6.37. The summed E-state index contributed by atoms with van der Waals surface area (Å²) in [5.41, 5.74) is 1.25. The van der Waals surface area contributed by atoms with Crippen LogP contribution in [0.1, 0.15) is 12.5 Å². The molecular formula is C13H19N5S. The van der Waals surface area contributed by atoms with Crippen LogP contribution in [0.2, 0.25) is 0 Å². The van der Waals surface area contributed by atoms with Gasteiger partial charge in [0, 0.05) is 32.0 Å². The van der Waals surface area contributed by atoms with E-state index in [-0.39, 0.29) is 0 Å². The van der Waals surface area contributed by atoms with Gasteiger partial charge in [-0.05, 0) is 29.3 Å². The topological polar surface area (TPSA) is 54.2 Å². The lowest BCUT2D eigenvalue weighted by molar-refractivity contribution is 0.662. The summed E-state index contributed by atoms with van der Waals surface area (Å²) in [7, 11) is 0. The summed E-state index contributed by atoms with van der Waals surface area (Å²) >= 11 is 1.70. The van der Waals surface area contributed by atoms with Gasteiger partial charge in [-0.2, -0.15) is 11.3 Å². The van der Waals surface area contributed by atoms with Gasteiger partial charge in [0.05, 0.1) is 12.9 Å². The molecule has 0 aliphatic carbocycles. The van der Waals surface area contributed by atoms with Crippen molar-refractivity contribution in [2.45, 2.75) is 20.0 Å². The maximum absolute atomic E-state index is 4.55. The van der Waals surface area contributed by atoms with Gasteiger partial charge in [-0.1, -0.05) is 0 Å². The van der Waals surface area contributed by atoms with Gasteiger partial charge in [-0.3, -0.25) is 0 Å². The van der Waals surface area contributed by atoms with Gasteiger partial charge >= 0.3 is 0 Å². The lowest BCUT2D eigenvalue weighted by atomic mass is 10.3. The number of hydrogen-bond acceptors (Lipinski definition) is 3. The molecule has 2 aromatic rings. The SMILES string of the molecule is CCNC(=NCc1ccsc1)NCCn1ccnc1. The third-order valence-corrected chi connectivity index (χ3v) is 3.30. The first kappa shape index (κ1) is 13.6. The Kier molecular flexibility index (Phi) is 5.43. The zero-order valence-corrected chi connectivity index (χ0v) is 11.9. The molecule has 0 radical (unpaired) electrons. The molecule has 102 valence electrons. The molecule has 0 aliphatic rings. The predicted octanol–water partition coefficient (Wildman–Crippen LogP) is 1.70. The van der Waals surface area contributed by atoms with E-state index in [0.717, 1.165) is 25.6 Å². The molecule has 0 saturated carbocycles. The lowest BCUT2D eigenvalue weighted by Gasteiger charge is -2.11. The number of guanidine groups is 1. The average Bonchev–Trinajstić information content (AvgIpc) is 3.09. The van der Waals surface area contributed by atoms with Crippen molar-refractivity contribution in [1.82, 2.24) is 20.2 Å². The second-order valence-electron chi connectivity index (χ2n) is 4.05. The number of rotatable bonds is 6. The van der Waals surface area contributed by atoms with Crippen LogP contribution in [0.3, 0.4) is 0 Å². The fourth-order valence-electron chi connectivity index (χ4n) is 1.62. The van der Waals surface area contributed by atoms with Crippen LogP contribution in [0.5, 0.6) is 0 Å². The summed E-state index contributed by atoms with van der Waals surface area (Å²) in [6, 6.07) is 2.10. The van der Waals surface area contributed by atoms with Gasteiger partial charge in [0.2, 0.25) is 0 Å². The van der Waals surface area contributed by atoms with Gasteiger partial charge in [0.15, 0.2) is 5.96 Å². The molecule has 2 heterocycles. The number of imidazole rings is 1. The lowest BCUT2D eigenvalue weighted by Crippen LogP contribution is -2.38. The van der Waals surface area contributed by atoms with E-state index in [2.05, 4.69) is 44.4 Å². The second kappa shape index (κ2) is 7.58. The van der Waals surface area contributed by atoms with Crippen LogP contribution in [-0.4, -0.2) is 28.6 Å². The third-order valence-electron chi connectivity index (χ3n) is 2.57.